The molecule has 3 nitrogen and oxygen atoms in total. The van der Waals surface area contributed by atoms with E-state index in [9.17, 15) is 0 Å². The van der Waals surface area contributed by atoms with E-state index in [2.05, 4.69) is 38.5 Å². The topological polar surface area (TPSA) is 28.2 Å². The van der Waals surface area contributed by atoms with Crippen molar-refractivity contribution < 1.29 is 0 Å². The van der Waals surface area contributed by atoms with Crippen LogP contribution in [0.15, 0.2) is 28.1 Å². The van der Waals surface area contributed by atoms with Gasteiger partial charge in [0.1, 0.15) is 5.01 Å². The van der Waals surface area contributed by atoms with Crippen molar-refractivity contribution in [3.05, 3.63) is 38.1 Å². The summed E-state index contributed by atoms with van der Waals surface area (Å²) in [5.74, 6) is 0. The highest BCUT2D eigenvalue weighted by Crippen LogP contribution is 2.33. The van der Waals surface area contributed by atoms with Crippen LogP contribution in [0.1, 0.15) is 18.0 Å². The number of benzene rings is 1. The van der Waals surface area contributed by atoms with Crippen LogP contribution in [-0.2, 0) is 0 Å². The molecule has 1 unspecified atom stereocenters. The lowest BCUT2D eigenvalue weighted by atomic mass is 10.2. The normalized spacial score (nSPS) is 17.9. The van der Waals surface area contributed by atoms with E-state index in [-0.39, 0.29) is 0 Å². The molecule has 3 rings (SSSR count). The first-order chi connectivity index (χ1) is 10.1. The molecule has 1 aromatic heterocycles. The molecule has 0 aliphatic carbocycles. The Bertz CT molecular complexity index is 625. The first-order valence-corrected chi connectivity index (χ1v) is 9.06. The zero-order valence-electron chi connectivity index (χ0n) is 11.8. The Hall–Kier alpha value is -0.460. The summed E-state index contributed by atoms with van der Waals surface area (Å²) in [7, 11) is 0. The van der Waals surface area contributed by atoms with E-state index in [1.54, 1.807) is 11.3 Å². The molecule has 1 fully saturated rings. The van der Waals surface area contributed by atoms with Crippen molar-refractivity contribution in [3.8, 4) is 11.3 Å². The van der Waals surface area contributed by atoms with E-state index in [4.69, 9.17) is 16.6 Å². The molecule has 1 aliphatic rings. The number of halogens is 2. The van der Waals surface area contributed by atoms with Crippen LogP contribution in [0.3, 0.4) is 0 Å². The van der Waals surface area contributed by atoms with Gasteiger partial charge in [0.25, 0.3) is 0 Å². The van der Waals surface area contributed by atoms with Crippen LogP contribution in [0, 0.1) is 0 Å². The number of piperazine rings is 1. The van der Waals surface area contributed by atoms with Gasteiger partial charge in [-0.1, -0.05) is 33.6 Å². The van der Waals surface area contributed by atoms with Crippen LogP contribution in [0.2, 0.25) is 5.02 Å². The molecule has 2 heterocycles. The summed E-state index contributed by atoms with van der Waals surface area (Å²) < 4.78 is 0.987. The van der Waals surface area contributed by atoms with Gasteiger partial charge in [-0.15, -0.1) is 11.3 Å². The molecule has 0 amide bonds. The summed E-state index contributed by atoms with van der Waals surface area (Å²) >= 11 is 11.5. The maximum absolute atomic E-state index is 6.32. The Morgan fingerprint density at radius 1 is 1.38 bits per heavy atom. The second-order valence-electron chi connectivity index (χ2n) is 5.16. The average Bonchev–Trinajstić information content (AvgIpc) is 2.97. The summed E-state index contributed by atoms with van der Waals surface area (Å²) in [5.41, 5.74) is 1.96. The van der Waals surface area contributed by atoms with Gasteiger partial charge in [-0.25, -0.2) is 4.98 Å². The molecule has 112 valence electrons. The van der Waals surface area contributed by atoms with Gasteiger partial charge in [0.15, 0.2) is 0 Å². The van der Waals surface area contributed by atoms with Crippen molar-refractivity contribution in [2.75, 3.05) is 26.2 Å². The van der Waals surface area contributed by atoms with Crippen molar-refractivity contribution in [3.63, 3.8) is 0 Å². The van der Waals surface area contributed by atoms with Gasteiger partial charge in [0.05, 0.1) is 16.8 Å². The minimum Gasteiger partial charge on any atom is -0.314 e. The number of rotatable bonds is 3. The highest BCUT2D eigenvalue weighted by Gasteiger charge is 2.21. The highest BCUT2D eigenvalue weighted by molar-refractivity contribution is 9.10. The number of thiazole rings is 1. The van der Waals surface area contributed by atoms with Crippen molar-refractivity contribution in [2.24, 2.45) is 0 Å². The lowest BCUT2D eigenvalue weighted by molar-refractivity contribution is 0.185. The lowest BCUT2D eigenvalue weighted by Crippen LogP contribution is -2.44. The van der Waals surface area contributed by atoms with Crippen LogP contribution in [0.5, 0.6) is 0 Å². The predicted octanol–water partition coefficient (Wildman–Crippen LogP) is 4.19. The highest BCUT2D eigenvalue weighted by atomic mass is 79.9. The quantitative estimate of drug-likeness (QED) is 0.857. The molecule has 1 atom stereocenters. The van der Waals surface area contributed by atoms with Crippen molar-refractivity contribution in [1.29, 1.82) is 0 Å². The second-order valence-corrected chi connectivity index (χ2v) is 7.37. The van der Waals surface area contributed by atoms with Gasteiger partial charge in [0.2, 0.25) is 0 Å². The van der Waals surface area contributed by atoms with Crippen LogP contribution < -0.4 is 5.32 Å². The first kappa shape index (κ1) is 15.4. The second kappa shape index (κ2) is 6.75. The van der Waals surface area contributed by atoms with E-state index in [0.717, 1.165) is 51.9 Å². The maximum Gasteiger partial charge on any atom is 0.110 e. The fraction of sp³-hybridized carbons (Fsp3) is 0.400. The number of nitrogens with one attached hydrogen (secondary N) is 1. The van der Waals surface area contributed by atoms with Gasteiger partial charge >= 0.3 is 0 Å². The SMILES string of the molecule is CC(c1nc(-c2ccc(Br)cc2Cl)cs1)N1CCNCC1. The van der Waals surface area contributed by atoms with Crippen molar-refractivity contribution in [2.45, 2.75) is 13.0 Å². The van der Waals surface area contributed by atoms with E-state index < -0.39 is 0 Å². The minimum absolute atomic E-state index is 0.361. The molecule has 0 spiro atoms. The molecule has 1 saturated heterocycles. The summed E-state index contributed by atoms with van der Waals surface area (Å²) in [4.78, 5) is 7.28. The van der Waals surface area contributed by atoms with Gasteiger partial charge in [-0.3, -0.25) is 4.90 Å². The molecule has 6 heteroatoms. The first-order valence-electron chi connectivity index (χ1n) is 7.01. The number of hydrogen-bond acceptors (Lipinski definition) is 4. The standard InChI is InChI=1S/C15H17BrClN3S/c1-10(20-6-4-18-5-7-20)15-19-14(9-21-15)12-3-2-11(16)8-13(12)17/h2-3,8-10,18H,4-7H2,1H3. The molecule has 21 heavy (non-hydrogen) atoms. The lowest BCUT2D eigenvalue weighted by Gasteiger charge is -2.31. The van der Waals surface area contributed by atoms with Gasteiger partial charge in [-0.2, -0.15) is 0 Å². The van der Waals surface area contributed by atoms with Crippen molar-refractivity contribution >= 4 is 38.9 Å². The maximum atomic E-state index is 6.32. The Labute approximate surface area is 142 Å². The summed E-state index contributed by atoms with van der Waals surface area (Å²) in [6, 6.07) is 6.29. The van der Waals surface area contributed by atoms with Gasteiger partial charge in [0, 0.05) is 41.6 Å². The third-order valence-corrected chi connectivity index (χ3v) is 5.61. The molecule has 1 N–H and O–H groups in total. The predicted molar refractivity (Wildman–Crippen MR) is 93.1 cm³/mol. The molecule has 1 aliphatic heterocycles. The Morgan fingerprint density at radius 3 is 2.86 bits per heavy atom. The number of nitrogens with zero attached hydrogens (tertiary/aromatic N) is 2. The Kier molecular flexibility index (Phi) is 4.96. The monoisotopic (exact) mass is 385 g/mol. The third kappa shape index (κ3) is 3.48. The summed E-state index contributed by atoms with van der Waals surface area (Å²) in [6.07, 6.45) is 0. The van der Waals surface area contributed by atoms with Crippen LogP contribution >= 0.6 is 38.9 Å². The van der Waals surface area contributed by atoms with E-state index >= 15 is 0 Å². The van der Waals surface area contributed by atoms with Crippen molar-refractivity contribution in [1.82, 2.24) is 15.2 Å². The van der Waals surface area contributed by atoms with E-state index in [1.165, 1.54) is 0 Å². The minimum atomic E-state index is 0.361. The number of hydrogen-bond donors (Lipinski definition) is 1. The zero-order chi connectivity index (χ0) is 14.8. The largest absolute Gasteiger partial charge is 0.314 e. The molecule has 2 aromatic rings. The number of aromatic nitrogens is 1. The fourth-order valence-electron chi connectivity index (χ4n) is 2.53. The zero-order valence-corrected chi connectivity index (χ0v) is 14.9. The van der Waals surface area contributed by atoms with Crippen LogP contribution in [-0.4, -0.2) is 36.1 Å². The fourth-order valence-corrected chi connectivity index (χ4v) is 4.21. The van der Waals surface area contributed by atoms with E-state index in [1.807, 2.05) is 18.2 Å². The Balaban J connectivity index is 1.82. The molecule has 0 bridgehead atoms. The summed E-state index contributed by atoms with van der Waals surface area (Å²) in [5, 5.41) is 7.38. The van der Waals surface area contributed by atoms with Crippen LogP contribution in [0.25, 0.3) is 11.3 Å². The molecular weight excluding hydrogens is 370 g/mol. The third-order valence-electron chi connectivity index (χ3n) is 3.79. The van der Waals surface area contributed by atoms with Gasteiger partial charge < -0.3 is 5.32 Å². The smallest absolute Gasteiger partial charge is 0.110 e. The molecule has 0 radical (unpaired) electrons. The van der Waals surface area contributed by atoms with Crippen LogP contribution in [0.4, 0.5) is 0 Å². The van der Waals surface area contributed by atoms with Gasteiger partial charge in [-0.05, 0) is 19.1 Å². The molecule has 1 aromatic carbocycles. The Morgan fingerprint density at radius 2 is 2.14 bits per heavy atom. The molecular formula is C15H17BrClN3S. The van der Waals surface area contributed by atoms with E-state index in [0.29, 0.717) is 6.04 Å². The summed E-state index contributed by atoms with van der Waals surface area (Å²) in [6.45, 7) is 6.50. The average molecular weight is 387 g/mol. The molecule has 0 saturated carbocycles.